The molecule has 0 spiro atoms. The molecule has 1 aromatic heterocycles. The first-order chi connectivity index (χ1) is 16.1. The number of sulfone groups is 1. The number of anilines is 2. The van der Waals surface area contributed by atoms with Crippen molar-refractivity contribution in [2.45, 2.75) is 36.3 Å². The number of rotatable bonds is 5. The highest BCUT2D eigenvalue weighted by molar-refractivity contribution is 7.92. The minimum Gasteiger partial charge on any atom is -0.331 e. The fourth-order valence-corrected chi connectivity index (χ4v) is 3.91. The second kappa shape index (κ2) is 8.79. The number of carbonyl (C=O) groups is 3. The molecule has 1 aliphatic rings. The van der Waals surface area contributed by atoms with E-state index in [2.05, 4.69) is 15.3 Å². The van der Waals surface area contributed by atoms with Crippen molar-refractivity contribution in [1.29, 1.82) is 0 Å². The summed E-state index contributed by atoms with van der Waals surface area (Å²) in [6.07, 6.45) is 1.36. The smallest absolute Gasteiger partial charge is 0.331 e. The van der Waals surface area contributed by atoms with E-state index in [0.717, 1.165) is 17.0 Å². The Morgan fingerprint density at radius 1 is 1.11 bits per heavy atom. The summed E-state index contributed by atoms with van der Waals surface area (Å²) >= 11 is 0. The van der Waals surface area contributed by atoms with Crippen molar-refractivity contribution in [3.63, 3.8) is 0 Å². The van der Waals surface area contributed by atoms with Gasteiger partial charge >= 0.3 is 17.6 Å². The van der Waals surface area contributed by atoms with E-state index in [1.54, 1.807) is 0 Å². The highest BCUT2D eigenvalue weighted by Crippen LogP contribution is 2.35. The highest BCUT2D eigenvalue weighted by Gasteiger charge is 2.52. The average molecular weight is 514 g/mol. The molecule has 0 aliphatic carbocycles. The number of imide groups is 1. The third-order valence-corrected chi connectivity index (χ3v) is 6.69. The maximum absolute atomic E-state index is 13.1. The number of benzene rings is 1. The fraction of sp³-hybridized carbons (Fsp3) is 0.350. The number of carbonyl (C=O) groups excluding carboxylic acids is 3. The van der Waals surface area contributed by atoms with Crippen molar-refractivity contribution >= 4 is 39.4 Å². The Morgan fingerprint density at radius 2 is 1.71 bits per heavy atom. The van der Waals surface area contributed by atoms with Gasteiger partial charge in [-0.25, -0.2) is 32.9 Å². The molecule has 0 unspecified atom stereocenters. The lowest BCUT2D eigenvalue weighted by Crippen LogP contribution is -2.43. The zero-order chi connectivity index (χ0) is 26.3. The van der Waals surface area contributed by atoms with Crippen LogP contribution < -0.4 is 10.2 Å². The van der Waals surface area contributed by atoms with E-state index >= 15 is 0 Å². The minimum atomic E-state index is -5.58. The number of aromatic nitrogens is 2. The van der Waals surface area contributed by atoms with Gasteiger partial charge in [-0.3, -0.25) is 10.1 Å². The van der Waals surface area contributed by atoms with Crippen LogP contribution in [0.2, 0.25) is 0 Å². The number of urea groups is 2. The molecule has 188 valence electrons. The van der Waals surface area contributed by atoms with Crippen LogP contribution in [0.25, 0.3) is 0 Å². The summed E-state index contributed by atoms with van der Waals surface area (Å²) < 4.78 is 61.5. The van der Waals surface area contributed by atoms with Gasteiger partial charge in [0.25, 0.3) is 15.7 Å². The van der Waals surface area contributed by atoms with Crippen molar-refractivity contribution in [2.24, 2.45) is 0 Å². The predicted molar refractivity (Wildman–Crippen MR) is 117 cm³/mol. The standard InChI is InChI=1S/C20H21F3N6O5S/c1-19(2)15(30)29(13-5-7-14(8-6-13)35(33,34)20(21,22)23)18(32)28(19)11-12-9-10-24-16(25-12)26-17(31)27(3)4/h5-10H,11H2,1-4H3,(H,24,25,26,31). The summed E-state index contributed by atoms with van der Waals surface area (Å²) in [5.41, 5.74) is -6.66. The molecule has 3 rings (SSSR count). The lowest BCUT2D eigenvalue weighted by Gasteiger charge is -2.27. The van der Waals surface area contributed by atoms with Crippen LogP contribution in [0.15, 0.2) is 41.4 Å². The van der Waals surface area contributed by atoms with Crippen molar-refractivity contribution in [3.8, 4) is 0 Å². The second-order valence-corrected chi connectivity index (χ2v) is 10.1. The number of hydrogen-bond donors (Lipinski definition) is 1. The van der Waals surface area contributed by atoms with E-state index in [0.29, 0.717) is 17.8 Å². The van der Waals surface area contributed by atoms with Crippen LogP contribution in [-0.4, -0.2) is 71.3 Å². The lowest BCUT2D eigenvalue weighted by molar-refractivity contribution is -0.123. The van der Waals surface area contributed by atoms with Gasteiger partial charge in [-0.15, -0.1) is 0 Å². The topological polar surface area (TPSA) is 133 Å². The molecule has 0 radical (unpaired) electrons. The first kappa shape index (κ1) is 25.9. The molecule has 0 saturated carbocycles. The summed E-state index contributed by atoms with van der Waals surface area (Å²) in [5.74, 6) is -0.695. The van der Waals surface area contributed by atoms with Crippen molar-refractivity contribution in [1.82, 2.24) is 19.8 Å². The maximum Gasteiger partial charge on any atom is 0.501 e. The number of amides is 5. The zero-order valence-electron chi connectivity index (χ0n) is 19.0. The van der Waals surface area contributed by atoms with Crippen LogP contribution in [0.1, 0.15) is 19.5 Å². The molecule has 1 fully saturated rings. The fourth-order valence-electron chi connectivity index (χ4n) is 3.15. The van der Waals surface area contributed by atoms with Gasteiger partial charge in [0.15, 0.2) is 0 Å². The largest absolute Gasteiger partial charge is 0.501 e. The normalized spacial score (nSPS) is 16.0. The number of alkyl halides is 3. The summed E-state index contributed by atoms with van der Waals surface area (Å²) in [5, 5.41) is 2.46. The van der Waals surface area contributed by atoms with Crippen molar-refractivity contribution < 1.29 is 36.0 Å². The average Bonchev–Trinajstić information content (AvgIpc) is 2.92. The van der Waals surface area contributed by atoms with Gasteiger partial charge < -0.3 is 9.80 Å². The number of hydrogen-bond acceptors (Lipinski definition) is 7. The molecule has 0 atom stereocenters. The van der Waals surface area contributed by atoms with Gasteiger partial charge in [0.05, 0.1) is 22.8 Å². The summed E-state index contributed by atoms with van der Waals surface area (Å²) in [6, 6.07) is 3.48. The molecule has 2 heterocycles. The molecule has 1 N–H and O–H groups in total. The van der Waals surface area contributed by atoms with Crippen LogP contribution in [0.5, 0.6) is 0 Å². The Balaban J connectivity index is 1.87. The van der Waals surface area contributed by atoms with Crippen LogP contribution in [0, 0.1) is 0 Å². The molecule has 1 aromatic carbocycles. The molecule has 15 heteroatoms. The Morgan fingerprint density at radius 3 is 2.26 bits per heavy atom. The van der Waals surface area contributed by atoms with Crippen molar-refractivity contribution in [3.05, 3.63) is 42.2 Å². The Labute approximate surface area is 198 Å². The molecule has 11 nitrogen and oxygen atoms in total. The second-order valence-electron chi connectivity index (χ2n) is 8.21. The Bertz CT molecular complexity index is 1280. The highest BCUT2D eigenvalue weighted by atomic mass is 32.2. The molecule has 2 aromatic rings. The monoisotopic (exact) mass is 514 g/mol. The SMILES string of the molecule is CN(C)C(=O)Nc1nccc(CN2C(=O)N(c3ccc(S(=O)(=O)C(F)(F)F)cc3)C(=O)C2(C)C)n1. The summed E-state index contributed by atoms with van der Waals surface area (Å²) in [4.78, 5) is 48.3. The van der Waals surface area contributed by atoms with E-state index in [1.165, 1.54) is 50.0 Å². The van der Waals surface area contributed by atoms with E-state index in [-0.39, 0.29) is 18.2 Å². The zero-order valence-corrected chi connectivity index (χ0v) is 19.8. The van der Waals surface area contributed by atoms with E-state index < -0.39 is 43.7 Å². The Kier molecular flexibility index (Phi) is 6.50. The molecular weight excluding hydrogens is 493 g/mol. The van der Waals surface area contributed by atoms with Crippen LogP contribution in [0.4, 0.5) is 34.4 Å². The third-order valence-electron chi connectivity index (χ3n) is 5.19. The van der Waals surface area contributed by atoms with Gasteiger partial charge in [-0.05, 0) is 44.2 Å². The lowest BCUT2D eigenvalue weighted by atomic mass is 10.0. The number of halogens is 3. The molecule has 35 heavy (non-hydrogen) atoms. The number of nitrogens with zero attached hydrogens (tertiary/aromatic N) is 5. The molecule has 0 bridgehead atoms. The Hall–Kier alpha value is -3.75. The third kappa shape index (κ3) is 4.76. The van der Waals surface area contributed by atoms with Gasteiger partial charge in [-0.1, -0.05) is 0 Å². The van der Waals surface area contributed by atoms with Gasteiger partial charge in [0.2, 0.25) is 5.95 Å². The van der Waals surface area contributed by atoms with Gasteiger partial charge in [-0.2, -0.15) is 13.2 Å². The quantitative estimate of drug-likeness (QED) is 0.607. The molecule has 1 aliphatic heterocycles. The van der Waals surface area contributed by atoms with Gasteiger partial charge in [0, 0.05) is 20.3 Å². The number of nitrogens with one attached hydrogen (secondary N) is 1. The first-order valence-electron chi connectivity index (χ1n) is 9.95. The van der Waals surface area contributed by atoms with E-state index in [4.69, 9.17) is 0 Å². The molecule has 1 saturated heterocycles. The van der Waals surface area contributed by atoms with E-state index in [9.17, 15) is 36.0 Å². The van der Waals surface area contributed by atoms with Crippen LogP contribution >= 0.6 is 0 Å². The van der Waals surface area contributed by atoms with Crippen LogP contribution in [0.3, 0.4) is 0 Å². The molecular formula is C20H21F3N6O5S. The minimum absolute atomic E-state index is 0.0182. The predicted octanol–water partition coefficient (Wildman–Crippen LogP) is 2.61. The summed E-state index contributed by atoms with van der Waals surface area (Å²) in [6.45, 7) is 2.80. The van der Waals surface area contributed by atoms with Crippen LogP contribution in [-0.2, 0) is 21.2 Å². The summed E-state index contributed by atoms with van der Waals surface area (Å²) in [7, 11) is -2.53. The van der Waals surface area contributed by atoms with E-state index in [1.807, 2.05) is 0 Å². The first-order valence-corrected chi connectivity index (χ1v) is 11.4. The molecule has 5 amide bonds. The van der Waals surface area contributed by atoms with Crippen molar-refractivity contribution in [2.75, 3.05) is 24.3 Å². The van der Waals surface area contributed by atoms with Gasteiger partial charge in [0.1, 0.15) is 5.54 Å². The maximum atomic E-state index is 13.1.